The Morgan fingerprint density at radius 2 is 1.76 bits per heavy atom. The minimum Gasteiger partial charge on any atom is -0.493 e. The summed E-state index contributed by atoms with van der Waals surface area (Å²) in [5.41, 5.74) is 9.13. The van der Waals surface area contributed by atoms with Gasteiger partial charge in [-0.05, 0) is 42.3 Å². The molecule has 0 spiro atoms. The monoisotopic (exact) mass is 438 g/mol. The van der Waals surface area contributed by atoms with E-state index in [1.807, 2.05) is 60.8 Å². The van der Waals surface area contributed by atoms with Crippen LogP contribution in [0, 0.1) is 18.3 Å². The van der Waals surface area contributed by atoms with E-state index in [4.69, 9.17) is 9.47 Å². The van der Waals surface area contributed by atoms with Crippen molar-refractivity contribution in [3.63, 3.8) is 0 Å². The van der Waals surface area contributed by atoms with Crippen LogP contribution in [-0.4, -0.2) is 25.0 Å². The molecular weight excluding hydrogens is 412 g/mol. The Morgan fingerprint density at radius 1 is 1.00 bits per heavy atom. The zero-order valence-corrected chi connectivity index (χ0v) is 19.0. The minimum absolute atomic E-state index is 0.560. The topological polar surface area (TPSA) is 71.6 Å². The summed E-state index contributed by atoms with van der Waals surface area (Å²) in [6, 6.07) is 24.1. The maximum absolute atomic E-state index is 9.48. The van der Waals surface area contributed by atoms with Crippen molar-refractivity contribution in [2.75, 3.05) is 14.2 Å². The molecule has 0 amide bonds. The number of hydrogen-bond acceptors (Lipinski definition) is 5. The molecular formula is C27H26N4O2. The van der Waals surface area contributed by atoms with E-state index in [0.717, 1.165) is 33.3 Å². The van der Waals surface area contributed by atoms with Crippen molar-refractivity contribution in [3.8, 4) is 17.6 Å². The second kappa shape index (κ2) is 9.92. The van der Waals surface area contributed by atoms with Gasteiger partial charge in [-0.3, -0.25) is 0 Å². The molecule has 33 heavy (non-hydrogen) atoms. The zero-order chi connectivity index (χ0) is 23.2. The lowest BCUT2D eigenvalue weighted by atomic mass is 10.1. The Balaban J connectivity index is 1.58. The fourth-order valence-electron chi connectivity index (χ4n) is 4.00. The van der Waals surface area contributed by atoms with E-state index in [1.165, 1.54) is 0 Å². The molecule has 1 N–H and O–H groups in total. The van der Waals surface area contributed by atoms with Crippen molar-refractivity contribution in [2.24, 2.45) is 5.10 Å². The largest absolute Gasteiger partial charge is 0.493 e. The SMILES string of the molecule is COc1ccc(CN/N=C/c2c(C)n(Cc3ccccc3C#N)c3ccccc23)cc1OC. The number of aromatic nitrogens is 1. The predicted molar refractivity (Wildman–Crippen MR) is 131 cm³/mol. The van der Waals surface area contributed by atoms with Gasteiger partial charge < -0.3 is 19.5 Å². The molecule has 0 radical (unpaired) electrons. The standard InChI is InChI=1S/C27H26N4O2/c1-19-24(17-30-29-16-20-12-13-26(32-2)27(14-20)33-3)23-10-6-7-11-25(23)31(19)18-22-9-5-4-8-21(22)15-28/h4-14,17,29H,16,18H2,1-3H3/b30-17+. The first kappa shape index (κ1) is 22.0. The summed E-state index contributed by atoms with van der Waals surface area (Å²) in [4.78, 5) is 0. The van der Waals surface area contributed by atoms with E-state index < -0.39 is 0 Å². The molecule has 166 valence electrons. The van der Waals surface area contributed by atoms with Crippen LogP contribution in [0.5, 0.6) is 11.5 Å². The lowest BCUT2D eigenvalue weighted by molar-refractivity contribution is 0.354. The van der Waals surface area contributed by atoms with Gasteiger partial charge in [0, 0.05) is 28.7 Å². The van der Waals surface area contributed by atoms with Crippen LogP contribution in [0.4, 0.5) is 0 Å². The van der Waals surface area contributed by atoms with Gasteiger partial charge in [0.15, 0.2) is 11.5 Å². The van der Waals surface area contributed by atoms with E-state index in [9.17, 15) is 5.26 Å². The molecule has 1 heterocycles. The quantitative estimate of drug-likeness (QED) is 0.310. The second-order valence-corrected chi connectivity index (χ2v) is 7.65. The molecule has 0 saturated heterocycles. The van der Waals surface area contributed by atoms with Gasteiger partial charge in [0.25, 0.3) is 0 Å². The Labute approximate surface area is 193 Å². The molecule has 0 aliphatic carbocycles. The first-order valence-corrected chi connectivity index (χ1v) is 10.7. The summed E-state index contributed by atoms with van der Waals surface area (Å²) in [7, 11) is 3.25. The smallest absolute Gasteiger partial charge is 0.161 e. The number of nitrogens with one attached hydrogen (secondary N) is 1. The van der Waals surface area contributed by atoms with Crippen molar-refractivity contribution >= 4 is 17.1 Å². The maximum Gasteiger partial charge on any atom is 0.161 e. The van der Waals surface area contributed by atoms with Crippen LogP contribution in [0.15, 0.2) is 71.8 Å². The molecule has 1 aromatic heterocycles. The Kier molecular flexibility index (Phi) is 6.61. The number of fused-ring (bicyclic) bond motifs is 1. The number of para-hydroxylation sites is 1. The molecule has 4 rings (SSSR count). The Bertz CT molecular complexity index is 1350. The molecule has 6 nitrogen and oxygen atoms in total. The van der Waals surface area contributed by atoms with Crippen LogP contribution >= 0.6 is 0 Å². The normalized spacial score (nSPS) is 11.0. The van der Waals surface area contributed by atoms with Crippen molar-refractivity contribution < 1.29 is 9.47 Å². The van der Waals surface area contributed by atoms with Crippen LogP contribution in [0.1, 0.15) is 27.9 Å². The third-order valence-electron chi connectivity index (χ3n) is 5.76. The van der Waals surface area contributed by atoms with Gasteiger partial charge in [-0.15, -0.1) is 0 Å². The van der Waals surface area contributed by atoms with E-state index in [1.54, 1.807) is 14.2 Å². The number of methoxy groups -OCH3 is 2. The molecule has 0 fully saturated rings. The van der Waals surface area contributed by atoms with Crippen molar-refractivity contribution in [1.29, 1.82) is 5.26 Å². The van der Waals surface area contributed by atoms with Crippen LogP contribution in [0.2, 0.25) is 0 Å². The molecule has 0 aliphatic heterocycles. The molecule has 0 bridgehead atoms. The summed E-state index contributed by atoms with van der Waals surface area (Å²) in [5.74, 6) is 1.39. The van der Waals surface area contributed by atoms with Crippen molar-refractivity contribution in [3.05, 3.63) is 94.7 Å². The molecule has 0 unspecified atom stereocenters. The molecule has 0 saturated carbocycles. The van der Waals surface area contributed by atoms with Gasteiger partial charge in [-0.25, -0.2) is 0 Å². The minimum atomic E-state index is 0.560. The predicted octanol–water partition coefficient (Wildman–Crippen LogP) is 5.01. The van der Waals surface area contributed by atoms with E-state index in [-0.39, 0.29) is 0 Å². The van der Waals surface area contributed by atoms with Crippen molar-refractivity contribution in [1.82, 2.24) is 9.99 Å². The summed E-state index contributed by atoms with van der Waals surface area (Å²) >= 11 is 0. The fourth-order valence-corrected chi connectivity index (χ4v) is 4.00. The highest BCUT2D eigenvalue weighted by Crippen LogP contribution is 2.28. The van der Waals surface area contributed by atoms with Gasteiger partial charge in [0.1, 0.15) is 0 Å². The van der Waals surface area contributed by atoms with Crippen LogP contribution in [0.25, 0.3) is 10.9 Å². The zero-order valence-electron chi connectivity index (χ0n) is 19.0. The van der Waals surface area contributed by atoms with E-state index in [2.05, 4.69) is 40.2 Å². The highest BCUT2D eigenvalue weighted by molar-refractivity contribution is 6.01. The summed E-state index contributed by atoms with van der Waals surface area (Å²) < 4.78 is 12.9. The number of nitriles is 1. The number of hydrogen-bond donors (Lipinski definition) is 1. The van der Waals surface area contributed by atoms with Gasteiger partial charge >= 0.3 is 0 Å². The van der Waals surface area contributed by atoms with Crippen molar-refractivity contribution in [2.45, 2.75) is 20.0 Å². The number of rotatable bonds is 8. The molecule has 6 heteroatoms. The fraction of sp³-hybridized carbons (Fsp3) is 0.185. The molecule has 0 atom stereocenters. The average molecular weight is 439 g/mol. The first-order valence-electron chi connectivity index (χ1n) is 10.7. The lowest BCUT2D eigenvalue weighted by Crippen LogP contribution is -2.07. The second-order valence-electron chi connectivity index (χ2n) is 7.65. The Hall–Kier alpha value is -4.24. The molecule has 3 aromatic carbocycles. The number of hydrazone groups is 1. The summed E-state index contributed by atoms with van der Waals surface area (Å²) in [6.07, 6.45) is 1.87. The van der Waals surface area contributed by atoms with Crippen LogP contribution < -0.4 is 14.9 Å². The van der Waals surface area contributed by atoms with Crippen LogP contribution in [-0.2, 0) is 13.1 Å². The average Bonchev–Trinajstić information content (AvgIpc) is 3.12. The lowest BCUT2D eigenvalue weighted by Gasteiger charge is -2.10. The summed E-state index contributed by atoms with van der Waals surface area (Å²) in [5, 5.41) is 15.1. The summed E-state index contributed by atoms with van der Waals surface area (Å²) in [6.45, 7) is 3.28. The first-order chi connectivity index (χ1) is 16.2. The van der Waals surface area contributed by atoms with E-state index >= 15 is 0 Å². The van der Waals surface area contributed by atoms with Gasteiger partial charge in [0.2, 0.25) is 0 Å². The number of ether oxygens (including phenoxy) is 2. The van der Waals surface area contributed by atoms with Gasteiger partial charge in [-0.1, -0.05) is 42.5 Å². The van der Waals surface area contributed by atoms with Gasteiger partial charge in [0.05, 0.1) is 38.6 Å². The number of nitrogens with zero attached hydrogens (tertiary/aromatic N) is 3. The third kappa shape index (κ3) is 4.53. The molecule has 0 aliphatic rings. The highest BCUT2D eigenvalue weighted by atomic mass is 16.5. The maximum atomic E-state index is 9.48. The number of benzene rings is 3. The molecule has 4 aromatic rings. The van der Waals surface area contributed by atoms with Crippen LogP contribution in [0.3, 0.4) is 0 Å². The Morgan fingerprint density at radius 3 is 2.55 bits per heavy atom. The van der Waals surface area contributed by atoms with E-state index in [0.29, 0.717) is 30.2 Å². The van der Waals surface area contributed by atoms with Gasteiger partial charge in [-0.2, -0.15) is 10.4 Å². The highest BCUT2D eigenvalue weighted by Gasteiger charge is 2.14. The third-order valence-corrected chi connectivity index (χ3v) is 5.76.